The fraction of sp³-hybridized carbons (Fsp3) is 1.00. The fourth-order valence-electron chi connectivity index (χ4n) is 1.98. The van der Waals surface area contributed by atoms with Crippen LogP contribution < -0.4 is 16.8 Å². The molecule has 124 valence electrons. The molecule has 0 amide bonds. The average Bonchev–Trinajstić information content (AvgIpc) is 2.24. The van der Waals surface area contributed by atoms with Gasteiger partial charge < -0.3 is 16.8 Å². The zero-order valence-electron chi connectivity index (χ0n) is 11.9. The third-order valence-electron chi connectivity index (χ3n) is 2.93. The molecule has 0 heterocycles. The Hall–Kier alpha value is 1.04. The van der Waals surface area contributed by atoms with Crippen LogP contribution >= 0.6 is 49.6 Å². The third kappa shape index (κ3) is 24.4. The molecule has 0 aliphatic carbocycles. The first kappa shape index (κ1) is 32.1. The van der Waals surface area contributed by atoms with E-state index in [0.717, 1.165) is 32.0 Å². The molecule has 1 unspecified atom stereocenters. The highest BCUT2D eigenvalue weighted by molar-refractivity contribution is 5.86. The summed E-state index contributed by atoms with van der Waals surface area (Å²) in [5.74, 6) is 0.832. The Morgan fingerprint density at radius 2 is 1.26 bits per heavy atom. The summed E-state index contributed by atoms with van der Waals surface area (Å²) in [5.41, 5.74) is 11.1. The van der Waals surface area contributed by atoms with Crippen molar-refractivity contribution in [2.45, 2.75) is 44.9 Å². The van der Waals surface area contributed by atoms with Crippen molar-refractivity contribution in [1.29, 1.82) is 0 Å². The molecule has 0 rings (SSSR count). The molecule has 0 radical (unpaired) electrons. The monoisotopic (exact) mass is 359 g/mol. The summed E-state index contributed by atoms with van der Waals surface area (Å²) in [6, 6.07) is 0. The van der Waals surface area contributed by atoms with Gasteiger partial charge in [-0.3, -0.25) is 0 Å². The van der Waals surface area contributed by atoms with Crippen LogP contribution in [0.15, 0.2) is 0 Å². The predicted molar refractivity (Wildman–Crippen MR) is 96.8 cm³/mol. The molecule has 5 N–H and O–H groups in total. The minimum Gasteiger partial charge on any atom is -0.330 e. The summed E-state index contributed by atoms with van der Waals surface area (Å²) in [6.07, 6.45) is 8.88. The van der Waals surface area contributed by atoms with E-state index in [1.54, 1.807) is 0 Å². The minimum absolute atomic E-state index is 0. The standard InChI is InChI=1S/C12H29N3.4ClH/c1-15-11-5-3-7-12(8-10-14)6-2-4-9-13;;;;/h12,15H,2-11,13-14H2,1H3;4*1H. The number of nitrogens with one attached hydrogen (secondary N) is 1. The van der Waals surface area contributed by atoms with E-state index in [-0.39, 0.29) is 49.6 Å². The molecule has 0 fully saturated rings. The lowest BCUT2D eigenvalue weighted by Crippen LogP contribution is -2.11. The Morgan fingerprint density at radius 1 is 0.737 bits per heavy atom. The van der Waals surface area contributed by atoms with Gasteiger partial charge in [-0.15, -0.1) is 49.6 Å². The van der Waals surface area contributed by atoms with Gasteiger partial charge in [-0.05, 0) is 51.9 Å². The highest BCUT2D eigenvalue weighted by Crippen LogP contribution is 2.18. The lowest BCUT2D eigenvalue weighted by molar-refractivity contribution is 0.392. The summed E-state index contributed by atoms with van der Waals surface area (Å²) in [5, 5.41) is 3.18. The number of nitrogens with two attached hydrogens (primary N) is 2. The molecule has 0 aromatic carbocycles. The van der Waals surface area contributed by atoms with Gasteiger partial charge in [-0.25, -0.2) is 0 Å². The number of unbranched alkanes of at least 4 members (excludes halogenated alkanes) is 2. The maximum absolute atomic E-state index is 5.63. The van der Waals surface area contributed by atoms with E-state index in [2.05, 4.69) is 5.32 Å². The van der Waals surface area contributed by atoms with Crippen LogP contribution in [0.5, 0.6) is 0 Å². The Balaban J connectivity index is -0.000000163. The maximum atomic E-state index is 5.63. The predicted octanol–water partition coefficient (Wildman–Crippen LogP) is 3.16. The van der Waals surface area contributed by atoms with Gasteiger partial charge >= 0.3 is 0 Å². The second-order valence-corrected chi connectivity index (χ2v) is 4.33. The number of rotatable bonds is 11. The van der Waals surface area contributed by atoms with Crippen molar-refractivity contribution in [3.63, 3.8) is 0 Å². The van der Waals surface area contributed by atoms with Crippen LogP contribution in [-0.2, 0) is 0 Å². The van der Waals surface area contributed by atoms with Gasteiger partial charge in [0.15, 0.2) is 0 Å². The van der Waals surface area contributed by atoms with Crippen molar-refractivity contribution in [1.82, 2.24) is 5.32 Å². The molecule has 7 heteroatoms. The summed E-state index contributed by atoms with van der Waals surface area (Å²) in [6.45, 7) is 2.80. The molecule has 0 bridgehead atoms. The quantitative estimate of drug-likeness (QED) is 0.496. The van der Waals surface area contributed by atoms with Crippen molar-refractivity contribution in [3.8, 4) is 0 Å². The fourth-order valence-corrected chi connectivity index (χ4v) is 1.98. The highest BCUT2D eigenvalue weighted by atomic mass is 35.5. The van der Waals surface area contributed by atoms with Gasteiger partial charge in [0.05, 0.1) is 0 Å². The summed E-state index contributed by atoms with van der Waals surface area (Å²) in [7, 11) is 2.01. The van der Waals surface area contributed by atoms with Crippen molar-refractivity contribution < 1.29 is 0 Å². The van der Waals surface area contributed by atoms with Gasteiger partial charge in [0.2, 0.25) is 0 Å². The molecule has 0 saturated heterocycles. The molecule has 19 heavy (non-hydrogen) atoms. The van der Waals surface area contributed by atoms with Crippen LogP contribution in [0, 0.1) is 5.92 Å². The lowest BCUT2D eigenvalue weighted by atomic mass is 9.93. The van der Waals surface area contributed by atoms with Crippen LogP contribution in [0.3, 0.4) is 0 Å². The first-order valence-electron chi connectivity index (χ1n) is 6.39. The van der Waals surface area contributed by atoms with E-state index < -0.39 is 0 Å². The average molecular weight is 361 g/mol. The molecular weight excluding hydrogens is 328 g/mol. The Morgan fingerprint density at radius 3 is 1.68 bits per heavy atom. The van der Waals surface area contributed by atoms with Gasteiger partial charge in [0.1, 0.15) is 0 Å². The highest BCUT2D eigenvalue weighted by Gasteiger charge is 2.06. The first-order chi connectivity index (χ1) is 7.35. The molecule has 0 aromatic rings. The number of hydrogen-bond donors (Lipinski definition) is 3. The second-order valence-electron chi connectivity index (χ2n) is 4.33. The molecular formula is C12H33Cl4N3. The maximum Gasteiger partial charge on any atom is -0.00519 e. The van der Waals surface area contributed by atoms with Gasteiger partial charge in [0.25, 0.3) is 0 Å². The van der Waals surface area contributed by atoms with Crippen molar-refractivity contribution in [2.24, 2.45) is 17.4 Å². The van der Waals surface area contributed by atoms with Crippen molar-refractivity contribution in [3.05, 3.63) is 0 Å². The molecule has 0 saturated carbocycles. The Kier molecular flexibility index (Phi) is 46.3. The van der Waals surface area contributed by atoms with Gasteiger partial charge in [-0.1, -0.05) is 25.7 Å². The van der Waals surface area contributed by atoms with E-state index in [0.29, 0.717) is 0 Å². The van der Waals surface area contributed by atoms with E-state index in [1.165, 1.54) is 38.5 Å². The third-order valence-corrected chi connectivity index (χ3v) is 2.93. The van der Waals surface area contributed by atoms with Crippen molar-refractivity contribution in [2.75, 3.05) is 26.7 Å². The molecule has 0 aliphatic rings. The molecule has 3 nitrogen and oxygen atoms in total. The number of halogens is 4. The summed E-state index contributed by atoms with van der Waals surface area (Å²) >= 11 is 0. The lowest BCUT2D eigenvalue weighted by Gasteiger charge is -2.15. The smallest absolute Gasteiger partial charge is 0.00519 e. The van der Waals surface area contributed by atoms with Crippen LogP contribution in [0.2, 0.25) is 0 Å². The largest absolute Gasteiger partial charge is 0.330 e. The van der Waals surface area contributed by atoms with Crippen molar-refractivity contribution >= 4 is 49.6 Å². The Bertz CT molecular complexity index is 132. The molecule has 0 spiro atoms. The minimum atomic E-state index is 0. The zero-order chi connectivity index (χ0) is 11.4. The normalized spacial score (nSPS) is 10.3. The van der Waals surface area contributed by atoms with E-state index in [1.807, 2.05) is 7.05 Å². The van der Waals surface area contributed by atoms with Gasteiger partial charge in [-0.2, -0.15) is 0 Å². The van der Waals surface area contributed by atoms with Crippen LogP contribution in [-0.4, -0.2) is 26.7 Å². The first-order valence-corrected chi connectivity index (χ1v) is 6.39. The SMILES string of the molecule is CNCCCCC(CCN)CCCCN.Cl.Cl.Cl.Cl. The zero-order valence-corrected chi connectivity index (χ0v) is 15.2. The van der Waals surface area contributed by atoms with E-state index in [4.69, 9.17) is 11.5 Å². The summed E-state index contributed by atoms with van der Waals surface area (Å²) < 4.78 is 0. The second kappa shape index (κ2) is 27.4. The topological polar surface area (TPSA) is 64.1 Å². The molecule has 0 aromatic heterocycles. The summed E-state index contributed by atoms with van der Waals surface area (Å²) in [4.78, 5) is 0. The van der Waals surface area contributed by atoms with Crippen LogP contribution in [0.4, 0.5) is 0 Å². The van der Waals surface area contributed by atoms with E-state index >= 15 is 0 Å². The van der Waals surface area contributed by atoms with E-state index in [9.17, 15) is 0 Å². The number of hydrogen-bond acceptors (Lipinski definition) is 3. The van der Waals surface area contributed by atoms with Gasteiger partial charge in [0, 0.05) is 0 Å². The van der Waals surface area contributed by atoms with Crippen LogP contribution in [0.1, 0.15) is 44.9 Å². The Labute approximate surface area is 144 Å². The molecule has 1 atom stereocenters. The molecule has 0 aliphatic heterocycles. The van der Waals surface area contributed by atoms with Crippen LogP contribution in [0.25, 0.3) is 0 Å².